The van der Waals surface area contributed by atoms with E-state index in [-0.39, 0.29) is 5.91 Å². The van der Waals surface area contributed by atoms with Crippen LogP contribution in [0.4, 0.5) is 5.13 Å². The largest absolute Gasteiger partial charge is 0.494 e. The number of hydrogen-bond donors (Lipinski definition) is 1. The first-order chi connectivity index (χ1) is 13.6. The van der Waals surface area contributed by atoms with E-state index in [1.165, 1.54) is 11.3 Å². The topological polar surface area (TPSA) is 51.2 Å². The predicted molar refractivity (Wildman–Crippen MR) is 117 cm³/mol. The Bertz CT molecular complexity index is 959. The van der Waals surface area contributed by atoms with E-state index < -0.39 is 0 Å². The van der Waals surface area contributed by atoms with Gasteiger partial charge in [0.25, 0.3) is 5.91 Å². The van der Waals surface area contributed by atoms with E-state index in [1.54, 1.807) is 30.3 Å². The van der Waals surface area contributed by atoms with E-state index in [1.807, 2.05) is 17.5 Å². The molecule has 0 spiro atoms. The maximum Gasteiger partial charge on any atom is 0.257 e. The summed E-state index contributed by atoms with van der Waals surface area (Å²) in [7, 11) is 0. The number of halogens is 2. The van der Waals surface area contributed by atoms with Gasteiger partial charge in [0, 0.05) is 21.5 Å². The first-order valence-electron chi connectivity index (χ1n) is 9.02. The van der Waals surface area contributed by atoms with E-state index in [2.05, 4.69) is 17.2 Å². The van der Waals surface area contributed by atoms with Gasteiger partial charge in [-0.1, -0.05) is 49.0 Å². The lowest BCUT2D eigenvalue weighted by Crippen LogP contribution is -2.12. The molecule has 3 rings (SSSR count). The number of hydrogen-bond acceptors (Lipinski definition) is 4. The van der Waals surface area contributed by atoms with Gasteiger partial charge in [-0.25, -0.2) is 4.98 Å². The van der Waals surface area contributed by atoms with Gasteiger partial charge in [0.1, 0.15) is 5.75 Å². The van der Waals surface area contributed by atoms with Crippen molar-refractivity contribution >= 4 is 45.6 Å². The summed E-state index contributed by atoms with van der Waals surface area (Å²) in [6.07, 6.45) is 3.27. The minimum absolute atomic E-state index is 0.239. The Balaban J connectivity index is 1.67. The Morgan fingerprint density at radius 2 is 2.04 bits per heavy atom. The number of carbonyl (C=O) groups is 1. The molecule has 0 unspecified atom stereocenters. The van der Waals surface area contributed by atoms with Crippen LogP contribution in [0.1, 0.15) is 36.5 Å². The maximum absolute atomic E-state index is 12.6. The maximum atomic E-state index is 12.6. The van der Waals surface area contributed by atoms with Crippen molar-refractivity contribution in [3.05, 3.63) is 63.5 Å². The molecule has 1 aromatic heterocycles. The molecule has 0 radical (unpaired) electrons. The third kappa shape index (κ3) is 5.47. The number of rotatable bonds is 8. The highest BCUT2D eigenvalue weighted by atomic mass is 35.5. The van der Waals surface area contributed by atoms with E-state index in [9.17, 15) is 4.79 Å². The zero-order valence-corrected chi connectivity index (χ0v) is 17.7. The molecule has 0 aliphatic carbocycles. The summed E-state index contributed by atoms with van der Waals surface area (Å²) in [4.78, 5) is 17.0. The van der Waals surface area contributed by atoms with Crippen LogP contribution < -0.4 is 10.1 Å². The SMILES string of the molecule is CCCCCOc1cccc(C(=O)Nc2nc(-c3cc(Cl)ccc3Cl)cs2)c1. The number of nitrogens with one attached hydrogen (secondary N) is 1. The summed E-state index contributed by atoms with van der Waals surface area (Å²) in [5, 5.41) is 6.28. The van der Waals surface area contributed by atoms with E-state index in [0.717, 1.165) is 24.8 Å². The Labute approximate surface area is 178 Å². The number of ether oxygens (including phenoxy) is 1. The number of thiazole rings is 1. The number of benzene rings is 2. The summed E-state index contributed by atoms with van der Waals surface area (Å²) in [5.41, 5.74) is 1.92. The van der Waals surface area contributed by atoms with Crippen LogP contribution in [0, 0.1) is 0 Å². The average molecular weight is 435 g/mol. The molecule has 4 nitrogen and oxygen atoms in total. The summed E-state index contributed by atoms with van der Waals surface area (Å²) in [6, 6.07) is 12.3. The monoisotopic (exact) mass is 434 g/mol. The molecular weight excluding hydrogens is 415 g/mol. The predicted octanol–water partition coefficient (Wildman–Crippen LogP) is 6.94. The molecular formula is C21H20Cl2N2O2S. The normalized spacial score (nSPS) is 10.7. The highest BCUT2D eigenvalue weighted by Gasteiger charge is 2.13. The smallest absolute Gasteiger partial charge is 0.257 e. The van der Waals surface area contributed by atoms with Gasteiger partial charge in [0.2, 0.25) is 0 Å². The molecule has 2 aromatic carbocycles. The highest BCUT2D eigenvalue weighted by molar-refractivity contribution is 7.14. The molecule has 1 N–H and O–H groups in total. The summed E-state index contributed by atoms with van der Waals surface area (Å²) in [6.45, 7) is 2.80. The minimum atomic E-state index is -0.239. The number of anilines is 1. The van der Waals surface area contributed by atoms with Crippen molar-refractivity contribution in [1.29, 1.82) is 0 Å². The molecule has 1 heterocycles. The number of aromatic nitrogens is 1. The Morgan fingerprint density at radius 1 is 1.18 bits per heavy atom. The zero-order valence-electron chi connectivity index (χ0n) is 15.4. The number of nitrogens with zero attached hydrogens (tertiary/aromatic N) is 1. The van der Waals surface area contributed by atoms with Crippen LogP contribution in [0.15, 0.2) is 47.8 Å². The standard InChI is InChI=1S/C21H20Cl2N2O2S/c1-2-3-4-10-27-16-7-5-6-14(11-16)20(26)25-21-24-19(13-28-21)17-12-15(22)8-9-18(17)23/h5-9,11-13H,2-4,10H2,1H3,(H,24,25,26). The van der Waals surface area contributed by atoms with Crippen LogP contribution >= 0.6 is 34.5 Å². The van der Waals surface area contributed by atoms with Gasteiger partial charge in [0.05, 0.1) is 17.3 Å². The molecule has 3 aromatic rings. The summed E-state index contributed by atoms with van der Waals surface area (Å²) < 4.78 is 5.72. The molecule has 0 bridgehead atoms. The van der Waals surface area contributed by atoms with Gasteiger partial charge in [-0.05, 0) is 42.8 Å². The first-order valence-corrected chi connectivity index (χ1v) is 10.7. The number of carbonyl (C=O) groups excluding carboxylic acids is 1. The lowest BCUT2D eigenvalue weighted by atomic mass is 10.2. The van der Waals surface area contributed by atoms with Gasteiger partial charge in [-0.3, -0.25) is 10.1 Å². The molecule has 0 aliphatic rings. The second-order valence-electron chi connectivity index (χ2n) is 6.20. The average Bonchev–Trinajstić information content (AvgIpc) is 3.15. The van der Waals surface area contributed by atoms with E-state index in [0.29, 0.717) is 38.8 Å². The van der Waals surface area contributed by atoms with Gasteiger partial charge in [-0.2, -0.15) is 0 Å². The van der Waals surface area contributed by atoms with Gasteiger partial charge in [0.15, 0.2) is 5.13 Å². The van der Waals surface area contributed by atoms with Gasteiger partial charge >= 0.3 is 0 Å². The first kappa shape index (κ1) is 20.6. The fourth-order valence-electron chi connectivity index (χ4n) is 2.59. The van der Waals surface area contributed by atoms with Crippen molar-refractivity contribution in [2.24, 2.45) is 0 Å². The quantitative estimate of drug-likeness (QED) is 0.390. The van der Waals surface area contributed by atoms with Gasteiger partial charge < -0.3 is 4.74 Å². The molecule has 0 fully saturated rings. The summed E-state index contributed by atoms with van der Waals surface area (Å²) in [5.74, 6) is 0.450. The number of amides is 1. The molecule has 1 amide bonds. The lowest BCUT2D eigenvalue weighted by Gasteiger charge is -2.07. The van der Waals surface area contributed by atoms with Crippen molar-refractivity contribution in [1.82, 2.24) is 4.98 Å². The molecule has 146 valence electrons. The van der Waals surface area contributed by atoms with Crippen LogP contribution in [-0.2, 0) is 0 Å². The summed E-state index contributed by atoms with van der Waals surface area (Å²) >= 11 is 13.6. The van der Waals surface area contributed by atoms with Crippen LogP contribution in [0.5, 0.6) is 5.75 Å². The van der Waals surface area contributed by atoms with Crippen LogP contribution in [-0.4, -0.2) is 17.5 Å². The lowest BCUT2D eigenvalue weighted by molar-refractivity contribution is 0.102. The Kier molecular flexibility index (Phi) is 7.31. The zero-order chi connectivity index (χ0) is 19.9. The minimum Gasteiger partial charge on any atom is -0.494 e. The highest BCUT2D eigenvalue weighted by Crippen LogP contribution is 2.32. The van der Waals surface area contributed by atoms with Crippen molar-refractivity contribution in [2.45, 2.75) is 26.2 Å². The Hall–Kier alpha value is -2.08. The van der Waals surface area contributed by atoms with Crippen LogP contribution in [0.3, 0.4) is 0 Å². The molecule has 0 saturated carbocycles. The van der Waals surface area contributed by atoms with Gasteiger partial charge in [-0.15, -0.1) is 11.3 Å². The van der Waals surface area contributed by atoms with Crippen molar-refractivity contribution in [3.63, 3.8) is 0 Å². The van der Waals surface area contributed by atoms with E-state index in [4.69, 9.17) is 27.9 Å². The molecule has 0 atom stereocenters. The third-order valence-corrected chi connectivity index (χ3v) is 5.36. The molecule has 28 heavy (non-hydrogen) atoms. The Morgan fingerprint density at radius 3 is 2.86 bits per heavy atom. The second kappa shape index (κ2) is 9.92. The van der Waals surface area contributed by atoms with E-state index >= 15 is 0 Å². The fourth-order valence-corrected chi connectivity index (χ4v) is 3.68. The van der Waals surface area contributed by atoms with Crippen LogP contribution in [0.25, 0.3) is 11.3 Å². The number of unbranched alkanes of at least 4 members (excludes halogenated alkanes) is 2. The second-order valence-corrected chi connectivity index (χ2v) is 7.90. The fraction of sp³-hybridized carbons (Fsp3) is 0.238. The molecule has 7 heteroatoms. The molecule has 0 aliphatic heterocycles. The van der Waals surface area contributed by atoms with Crippen molar-refractivity contribution < 1.29 is 9.53 Å². The van der Waals surface area contributed by atoms with Crippen molar-refractivity contribution in [3.8, 4) is 17.0 Å². The van der Waals surface area contributed by atoms with Crippen molar-refractivity contribution in [2.75, 3.05) is 11.9 Å². The molecule has 0 saturated heterocycles. The van der Waals surface area contributed by atoms with Crippen LogP contribution in [0.2, 0.25) is 10.0 Å². The third-order valence-electron chi connectivity index (χ3n) is 4.04.